The predicted octanol–water partition coefficient (Wildman–Crippen LogP) is 2.52. The molecule has 0 spiro atoms. The Bertz CT molecular complexity index is 651. The average molecular weight is 393 g/mol. The molecule has 7 heteroatoms. The number of morpholine rings is 1. The van der Waals surface area contributed by atoms with Gasteiger partial charge in [0.15, 0.2) is 0 Å². The van der Waals surface area contributed by atoms with E-state index in [1.54, 1.807) is 17.2 Å². The van der Waals surface area contributed by atoms with Gasteiger partial charge in [0.05, 0.1) is 23.8 Å². The maximum atomic E-state index is 12.6. The Kier molecular flexibility index (Phi) is 6.15. The first-order valence-corrected chi connectivity index (χ1v) is 10.6. The molecule has 3 saturated heterocycles. The van der Waals surface area contributed by atoms with E-state index in [0.29, 0.717) is 36.9 Å². The van der Waals surface area contributed by atoms with Gasteiger partial charge in [-0.15, -0.1) is 0 Å². The number of hydrogen-bond acceptors (Lipinski definition) is 5. The number of nitrogens with zero attached hydrogens (tertiary/aromatic N) is 4. The summed E-state index contributed by atoms with van der Waals surface area (Å²) in [5.74, 6) is 1.58. The molecule has 1 aromatic rings. The van der Waals surface area contributed by atoms with Crippen LogP contribution in [0.25, 0.3) is 0 Å². The summed E-state index contributed by atoms with van der Waals surface area (Å²) < 4.78 is 5.31. The zero-order chi connectivity index (χ0) is 18.6. The topological polar surface area (TPSA) is 48.9 Å². The highest BCUT2D eigenvalue weighted by Crippen LogP contribution is 2.29. The Balaban J connectivity index is 1.34. The first kappa shape index (κ1) is 19.0. The quantitative estimate of drug-likeness (QED) is 0.788. The highest BCUT2D eigenvalue weighted by Gasteiger charge is 2.25. The van der Waals surface area contributed by atoms with Crippen LogP contribution in [-0.2, 0) is 4.74 Å². The fourth-order valence-corrected chi connectivity index (χ4v) is 4.67. The van der Waals surface area contributed by atoms with Gasteiger partial charge in [0, 0.05) is 38.9 Å². The third-order valence-electron chi connectivity index (χ3n) is 6.00. The standard InChI is InChI=1S/C20H29ClN4O2/c21-18-13-17(20(26)25-9-11-27-12-10-25)14-22-19(18)24-7-3-16(4-8-24)15-23-5-1-2-6-23/h13-14,16H,1-12,15H2. The first-order valence-electron chi connectivity index (χ1n) is 10.2. The van der Waals surface area contributed by atoms with Gasteiger partial charge in [0.2, 0.25) is 0 Å². The van der Waals surface area contributed by atoms with Crippen molar-refractivity contribution < 1.29 is 9.53 Å². The van der Waals surface area contributed by atoms with Crippen LogP contribution in [-0.4, -0.2) is 79.7 Å². The van der Waals surface area contributed by atoms with Gasteiger partial charge in [-0.05, 0) is 50.8 Å². The molecule has 3 aliphatic rings. The predicted molar refractivity (Wildman–Crippen MR) is 107 cm³/mol. The lowest BCUT2D eigenvalue weighted by atomic mass is 9.96. The molecule has 1 amide bonds. The van der Waals surface area contributed by atoms with Crippen LogP contribution in [0.4, 0.5) is 5.82 Å². The molecule has 27 heavy (non-hydrogen) atoms. The number of likely N-dealkylation sites (tertiary alicyclic amines) is 1. The molecule has 0 aliphatic carbocycles. The molecule has 0 atom stereocenters. The summed E-state index contributed by atoms with van der Waals surface area (Å²) >= 11 is 6.51. The molecule has 6 nitrogen and oxygen atoms in total. The zero-order valence-electron chi connectivity index (χ0n) is 15.9. The van der Waals surface area contributed by atoms with Crippen molar-refractivity contribution in [2.24, 2.45) is 5.92 Å². The summed E-state index contributed by atoms with van der Waals surface area (Å²) in [5, 5.41) is 0.576. The molecule has 0 N–H and O–H groups in total. The molecule has 3 fully saturated rings. The smallest absolute Gasteiger partial charge is 0.255 e. The van der Waals surface area contributed by atoms with E-state index in [0.717, 1.165) is 24.8 Å². The van der Waals surface area contributed by atoms with Gasteiger partial charge in [-0.1, -0.05) is 11.6 Å². The van der Waals surface area contributed by atoms with Gasteiger partial charge < -0.3 is 19.4 Å². The molecular weight excluding hydrogens is 364 g/mol. The van der Waals surface area contributed by atoms with E-state index in [4.69, 9.17) is 16.3 Å². The van der Waals surface area contributed by atoms with Crippen LogP contribution in [0, 0.1) is 5.92 Å². The van der Waals surface area contributed by atoms with Crippen LogP contribution in [0.3, 0.4) is 0 Å². The molecule has 3 aliphatic heterocycles. The Labute approximate surface area is 166 Å². The highest BCUT2D eigenvalue weighted by molar-refractivity contribution is 6.33. The van der Waals surface area contributed by atoms with E-state index in [-0.39, 0.29) is 5.91 Å². The molecule has 4 rings (SSSR count). The second-order valence-corrected chi connectivity index (χ2v) is 8.28. The summed E-state index contributed by atoms with van der Waals surface area (Å²) in [4.78, 5) is 23.8. The van der Waals surface area contributed by atoms with E-state index < -0.39 is 0 Å². The van der Waals surface area contributed by atoms with E-state index in [1.165, 1.54) is 45.3 Å². The van der Waals surface area contributed by atoms with Crippen LogP contribution in [0.2, 0.25) is 5.02 Å². The Hall–Kier alpha value is -1.37. The number of carbonyl (C=O) groups excluding carboxylic acids is 1. The summed E-state index contributed by atoms with van der Waals surface area (Å²) in [6.45, 7) is 8.20. The maximum absolute atomic E-state index is 12.6. The lowest BCUT2D eigenvalue weighted by Crippen LogP contribution is -2.41. The Morgan fingerprint density at radius 3 is 2.48 bits per heavy atom. The van der Waals surface area contributed by atoms with Gasteiger partial charge in [-0.2, -0.15) is 0 Å². The number of amides is 1. The van der Waals surface area contributed by atoms with E-state index in [2.05, 4.69) is 14.8 Å². The third kappa shape index (κ3) is 4.55. The van der Waals surface area contributed by atoms with Crippen molar-refractivity contribution in [2.75, 3.05) is 63.9 Å². The van der Waals surface area contributed by atoms with Crippen LogP contribution in [0.5, 0.6) is 0 Å². The molecule has 0 aromatic carbocycles. The van der Waals surface area contributed by atoms with Crippen molar-refractivity contribution >= 4 is 23.3 Å². The number of carbonyl (C=O) groups is 1. The third-order valence-corrected chi connectivity index (χ3v) is 6.27. The first-order chi connectivity index (χ1) is 13.2. The van der Waals surface area contributed by atoms with E-state index in [9.17, 15) is 4.79 Å². The monoisotopic (exact) mass is 392 g/mol. The molecule has 0 unspecified atom stereocenters. The molecule has 1 aromatic heterocycles. The summed E-state index contributed by atoms with van der Waals surface area (Å²) in [5.41, 5.74) is 0.564. The highest BCUT2D eigenvalue weighted by atomic mass is 35.5. The van der Waals surface area contributed by atoms with Crippen molar-refractivity contribution in [3.05, 3.63) is 22.8 Å². The fraction of sp³-hybridized carbons (Fsp3) is 0.700. The minimum absolute atomic E-state index is 0.0106. The molecule has 148 valence electrons. The van der Waals surface area contributed by atoms with Gasteiger partial charge in [0.25, 0.3) is 5.91 Å². The molecular formula is C20H29ClN4O2. The number of piperidine rings is 1. The van der Waals surface area contributed by atoms with Crippen molar-refractivity contribution in [2.45, 2.75) is 25.7 Å². The van der Waals surface area contributed by atoms with Crippen molar-refractivity contribution in [3.8, 4) is 0 Å². The number of halogens is 1. The van der Waals surface area contributed by atoms with Crippen LogP contribution in [0.1, 0.15) is 36.0 Å². The molecule has 4 heterocycles. The minimum atomic E-state index is -0.0106. The van der Waals surface area contributed by atoms with Gasteiger partial charge >= 0.3 is 0 Å². The summed E-state index contributed by atoms with van der Waals surface area (Å²) in [6, 6.07) is 1.78. The maximum Gasteiger partial charge on any atom is 0.255 e. The Morgan fingerprint density at radius 1 is 1.11 bits per heavy atom. The SMILES string of the molecule is O=C(c1cnc(N2CCC(CN3CCCC3)CC2)c(Cl)c1)N1CCOCC1. The molecule has 0 radical (unpaired) electrons. The van der Waals surface area contributed by atoms with Crippen molar-refractivity contribution in [3.63, 3.8) is 0 Å². The van der Waals surface area contributed by atoms with Crippen molar-refractivity contribution in [1.82, 2.24) is 14.8 Å². The average Bonchev–Trinajstić information content (AvgIpc) is 3.22. The normalized spacial score (nSPS) is 22.4. The second kappa shape index (κ2) is 8.76. The number of hydrogen-bond donors (Lipinski definition) is 0. The molecule has 0 saturated carbocycles. The van der Waals surface area contributed by atoms with Crippen LogP contribution in [0.15, 0.2) is 12.3 Å². The zero-order valence-corrected chi connectivity index (χ0v) is 16.7. The van der Waals surface area contributed by atoms with E-state index >= 15 is 0 Å². The lowest BCUT2D eigenvalue weighted by molar-refractivity contribution is 0.0302. The lowest BCUT2D eigenvalue weighted by Gasteiger charge is -2.35. The minimum Gasteiger partial charge on any atom is -0.378 e. The number of rotatable bonds is 4. The summed E-state index contributed by atoms with van der Waals surface area (Å²) in [7, 11) is 0. The fourth-order valence-electron chi connectivity index (χ4n) is 4.39. The van der Waals surface area contributed by atoms with Gasteiger partial charge in [-0.3, -0.25) is 4.79 Å². The largest absolute Gasteiger partial charge is 0.378 e. The number of pyridine rings is 1. The van der Waals surface area contributed by atoms with Gasteiger partial charge in [-0.25, -0.2) is 4.98 Å². The van der Waals surface area contributed by atoms with Gasteiger partial charge in [0.1, 0.15) is 5.82 Å². The summed E-state index contributed by atoms with van der Waals surface area (Å²) in [6.07, 6.45) is 6.75. The Morgan fingerprint density at radius 2 is 1.81 bits per heavy atom. The number of ether oxygens (including phenoxy) is 1. The van der Waals surface area contributed by atoms with E-state index in [1.807, 2.05) is 0 Å². The number of anilines is 1. The number of aromatic nitrogens is 1. The second-order valence-electron chi connectivity index (χ2n) is 7.87. The molecule has 0 bridgehead atoms. The van der Waals surface area contributed by atoms with Crippen molar-refractivity contribution in [1.29, 1.82) is 0 Å². The van der Waals surface area contributed by atoms with Crippen LogP contribution >= 0.6 is 11.6 Å². The van der Waals surface area contributed by atoms with Crippen LogP contribution < -0.4 is 4.90 Å².